The van der Waals surface area contributed by atoms with Crippen LogP contribution >= 0.6 is 0 Å². The summed E-state index contributed by atoms with van der Waals surface area (Å²) in [7, 11) is 1.71. The van der Waals surface area contributed by atoms with Crippen LogP contribution in [-0.4, -0.2) is 23.6 Å². The van der Waals surface area contributed by atoms with Gasteiger partial charge < -0.3 is 15.5 Å². The Morgan fingerprint density at radius 2 is 1.90 bits per heavy atom. The van der Waals surface area contributed by atoms with Crippen LogP contribution in [0.1, 0.15) is 55.8 Å². The van der Waals surface area contributed by atoms with Crippen LogP contribution < -0.4 is 10.5 Å². The number of H-pyrrole nitrogens is 1. The van der Waals surface area contributed by atoms with Gasteiger partial charge in [-0.15, -0.1) is 0 Å². The lowest BCUT2D eigenvalue weighted by atomic mass is 9.94. The highest BCUT2D eigenvalue weighted by atomic mass is 16.5. The van der Waals surface area contributed by atoms with Crippen LogP contribution in [0.2, 0.25) is 0 Å². The number of para-hydroxylation sites is 1. The summed E-state index contributed by atoms with van der Waals surface area (Å²) in [6.45, 7) is 7.30. The highest BCUT2D eigenvalue weighted by Gasteiger charge is 2.19. The van der Waals surface area contributed by atoms with E-state index in [4.69, 9.17) is 15.5 Å². The van der Waals surface area contributed by atoms with Gasteiger partial charge in [0.25, 0.3) is 0 Å². The first-order valence-electron chi connectivity index (χ1n) is 11.4. The molecule has 0 radical (unpaired) electrons. The van der Waals surface area contributed by atoms with E-state index in [2.05, 4.69) is 55.2 Å². The third-order valence-corrected chi connectivity index (χ3v) is 6.45. The number of fused-ring (bicyclic) bond motifs is 2. The van der Waals surface area contributed by atoms with Crippen LogP contribution in [0.5, 0.6) is 5.75 Å². The van der Waals surface area contributed by atoms with Gasteiger partial charge in [-0.3, -0.25) is 0 Å². The highest BCUT2D eigenvalue weighted by Crippen LogP contribution is 2.40. The number of hydrogen-bond donors (Lipinski definition) is 2. The molecule has 31 heavy (non-hydrogen) atoms. The molecule has 0 spiro atoms. The van der Waals surface area contributed by atoms with E-state index in [-0.39, 0.29) is 0 Å². The van der Waals surface area contributed by atoms with Gasteiger partial charge >= 0.3 is 0 Å². The van der Waals surface area contributed by atoms with E-state index in [9.17, 15) is 0 Å². The molecule has 4 heteroatoms. The number of ether oxygens (including phenoxy) is 1. The molecule has 2 aromatic heterocycles. The van der Waals surface area contributed by atoms with E-state index >= 15 is 0 Å². The summed E-state index contributed by atoms with van der Waals surface area (Å²) in [4.78, 5) is 8.63. The highest BCUT2D eigenvalue weighted by molar-refractivity contribution is 6.02. The van der Waals surface area contributed by atoms with Crippen molar-refractivity contribution >= 4 is 21.8 Å². The first kappa shape index (κ1) is 21.4. The number of nitrogens with one attached hydrogen (secondary N) is 1. The maximum atomic E-state index is 5.80. The Morgan fingerprint density at radius 3 is 2.65 bits per heavy atom. The van der Waals surface area contributed by atoms with Gasteiger partial charge in [0, 0.05) is 27.5 Å². The van der Waals surface area contributed by atoms with Gasteiger partial charge in [-0.1, -0.05) is 38.1 Å². The van der Waals surface area contributed by atoms with Crippen molar-refractivity contribution in [2.24, 2.45) is 5.73 Å². The molecule has 1 atom stereocenters. The van der Waals surface area contributed by atoms with Gasteiger partial charge in [-0.05, 0) is 74.4 Å². The summed E-state index contributed by atoms with van der Waals surface area (Å²) >= 11 is 0. The largest absolute Gasteiger partial charge is 0.494 e. The lowest BCUT2D eigenvalue weighted by Gasteiger charge is -2.12. The topological polar surface area (TPSA) is 63.9 Å². The van der Waals surface area contributed by atoms with Crippen molar-refractivity contribution in [3.63, 3.8) is 0 Å². The van der Waals surface area contributed by atoms with Crippen molar-refractivity contribution in [3.05, 3.63) is 59.3 Å². The average molecular weight is 416 g/mol. The second-order valence-electron chi connectivity index (χ2n) is 8.47. The predicted molar refractivity (Wildman–Crippen MR) is 131 cm³/mol. The first-order chi connectivity index (χ1) is 15.1. The van der Waals surface area contributed by atoms with E-state index in [1.165, 1.54) is 33.3 Å². The molecule has 0 fully saturated rings. The zero-order chi connectivity index (χ0) is 22.0. The molecular weight excluding hydrogens is 382 g/mol. The summed E-state index contributed by atoms with van der Waals surface area (Å²) in [5.74, 6) is 1.31. The van der Waals surface area contributed by atoms with Gasteiger partial charge in [-0.25, -0.2) is 4.98 Å². The van der Waals surface area contributed by atoms with Crippen molar-refractivity contribution in [3.8, 4) is 17.0 Å². The molecule has 0 amide bonds. The Balaban J connectivity index is 1.99. The fourth-order valence-corrected chi connectivity index (χ4v) is 4.53. The van der Waals surface area contributed by atoms with Crippen LogP contribution in [-0.2, 0) is 6.42 Å². The quantitative estimate of drug-likeness (QED) is 0.323. The molecule has 0 aliphatic heterocycles. The van der Waals surface area contributed by atoms with Crippen molar-refractivity contribution in [2.45, 2.75) is 52.4 Å². The Kier molecular flexibility index (Phi) is 6.28. The number of hydrogen-bond acceptors (Lipinski definition) is 3. The molecule has 0 saturated carbocycles. The van der Waals surface area contributed by atoms with Gasteiger partial charge in [0.15, 0.2) is 0 Å². The molecule has 162 valence electrons. The molecule has 4 aromatic rings. The summed E-state index contributed by atoms with van der Waals surface area (Å²) in [6.07, 6.45) is 4.23. The Labute approximate surface area is 184 Å². The van der Waals surface area contributed by atoms with Crippen LogP contribution in [0.15, 0.2) is 42.5 Å². The monoisotopic (exact) mass is 415 g/mol. The van der Waals surface area contributed by atoms with Gasteiger partial charge in [-0.2, -0.15) is 0 Å². The maximum absolute atomic E-state index is 5.80. The predicted octanol–water partition coefficient (Wildman–Crippen LogP) is 6.50. The van der Waals surface area contributed by atoms with E-state index in [1.54, 1.807) is 7.11 Å². The Hall–Kier alpha value is -2.85. The number of aromatic nitrogens is 2. The number of pyridine rings is 1. The minimum absolute atomic E-state index is 0.504. The van der Waals surface area contributed by atoms with Gasteiger partial charge in [0.2, 0.25) is 0 Å². The minimum atomic E-state index is 0.504. The Bertz CT molecular complexity index is 1210. The van der Waals surface area contributed by atoms with Crippen LogP contribution in [0, 0.1) is 6.92 Å². The lowest BCUT2D eigenvalue weighted by molar-refractivity contribution is 0.419. The molecule has 3 N–H and O–H groups in total. The molecule has 4 rings (SSSR count). The van der Waals surface area contributed by atoms with Gasteiger partial charge in [0.05, 0.1) is 12.8 Å². The molecule has 2 aromatic carbocycles. The molecule has 4 nitrogen and oxygen atoms in total. The second-order valence-corrected chi connectivity index (χ2v) is 8.47. The fourth-order valence-electron chi connectivity index (χ4n) is 4.53. The van der Waals surface area contributed by atoms with E-state index in [1.807, 2.05) is 13.0 Å². The standard InChI is InChI=1S/C27H33N3O/c1-5-17(2)19-10-8-11-21-20(9-6-7-16-28)26(30-25(19)21)22-14-15-24(31-4)27-23(22)13-12-18(3)29-27/h8,10-15,17,30H,5-7,9,16,28H2,1-4H3. The van der Waals surface area contributed by atoms with Crippen LogP contribution in [0.4, 0.5) is 0 Å². The number of aryl methyl sites for hydroxylation is 2. The molecule has 0 aliphatic rings. The number of nitrogens with zero attached hydrogens (tertiary/aromatic N) is 1. The summed E-state index contributed by atoms with van der Waals surface area (Å²) in [5, 5.41) is 2.44. The van der Waals surface area contributed by atoms with Crippen molar-refractivity contribution < 1.29 is 4.74 Å². The minimum Gasteiger partial charge on any atom is -0.494 e. The Morgan fingerprint density at radius 1 is 1.06 bits per heavy atom. The maximum Gasteiger partial charge on any atom is 0.145 e. The number of aromatic amines is 1. The van der Waals surface area contributed by atoms with E-state index in [0.29, 0.717) is 5.92 Å². The zero-order valence-electron chi connectivity index (χ0n) is 19.1. The lowest BCUT2D eigenvalue weighted by Crippen LogP contribution is -1.99. The SMILES string of the molecule is CCC(C)c1cccc2c(CCCCN)c(-c3ccc(OC)c4nc(C)ccc34)[nH]c12. The molecule has 2 heterocycles. The summed E-state index contributed by atoms with van der Waals surface area (Å²) in [5.41, 5.74) is 14.1. The number of nitrogens with two attached hydrogens (primary N) is 1. The molecule has 0 bridgehead atoms. The third-order valence-electron chi connectivity index (χ3n) is 6.45. The molecular formula is C27H33N3O. The first-order valence-corrected chi connectivity index (χ1v) is 11.4. The molecule has 0 aliphatic carbocycles. The van der Waals surface area contributed by atoms with Crippen LogP contribution in [0.3, 0.4) is 0 Å². The number of benzene rings is 2. The fraction of sp³-hybridized carbons (Fsp3) is 0.370. The third kappa shape index (κ3) is 3.92. The van der Waals surface area contributed by atoms with E-state index < -0.39 is 0 Å². The molecule has 0 saturated heterocycles. The number of rotatable bonds is 8. The van der Waals surface area contributed by atoms with Gasteiger partial charge in [0.1, 0.15) is 11.3 Å². The zero-order valence-corrected chi connectivity index (χ0v) is 19.1. The average Bonchev–Trinajstić information content (AvgIpc) is 3.16. The summed E-state index contributed by atoms with van der Waals surface area (Å²) in [6, 6.07) is 15.2. The van der Waals surface area contributed by atoms with Crippen LogP contribution in [0.25, 0.3) is 33.1 Å². The molecule has 1 unspecified atom stereocenters. The normalized spacial score (nSPS) is 12.5. The van der Waals surface area contributed by atoms with Crippen molar-refractivity contribution in [2.75, 3.05) is 13.7 Å². The van der Waals surface area contributed by atoms with Crippen molar-refractivity contribution in [1.29, 1.82) is 0 Å². The summed E-state index contributed by atoms with van der Waals surface area (Å²) < 4.78 is 5.62. The number of unbranched alkanes of at least 4 members (excludes halogenated alkanes) is 1. The second kappa shape index (κ2) is 9.11. The van der Waals surface area contributed by atoms with E-state index in [0.717, 1.165) is 54.6 Å². The number of methoxy groups -OCH3 is 1. The smallest absolute Gasteiger partial charge is 0.145 e. The van der Waals surface area contributed by atoms with Crippen molar-refractivity contribution in [1.82, 2.24) is 9.97 Å².